The van der Waals surface area contributed by atoms with Gasteiger partial charge in [-0.15, -0.1) is 0 Å². The van der Waals surface area contributed by atoms with Crippen LogP contribution in [0.3, 0.4) is 0 Å². The Kier molecular flexibility index (Phi) is 4.87. The summed E-state index contributed by atoms with van der Waals surface area (Å²) in [6.07, 6.45) is 0. The molecule has 0 aliphatic rings. The third kappa shape index (κ3) is 3.73. The van der Waals surface area contributed by atoms with Crippen LogP contribution < -0.4 is 5.32 Å². The van der Waals surface area contributed by atoms with Crippen molar-refractivity contribution in [2.24, 2.45) is 0 Å². The molecular weight excluding hydrogens is 277 g/mol. The van der Waals surface area contributed by atoms with Crippen molar-refractivity contribution in [3.8, 4) is 11.1 Å². The number of benzene rings is 2. The third-order valence-corrected chi connectivity index (χ3v) is 3.72. The molecule has 0 fully saturated rings. The molecular formula is C16H17Cl2N. The molecule has 2 aromatic rings. The van der Waals surface area contributed by atoms with Crippen molar-refractivity contribution in [2.75, 3.05) is 0 Å². The van der Waals surface area contributed by atoms with E-state index in [2.05, 4.69) is 37.4 Å². The molecule has 0 saturated carbocycles. The second-order valence-electron chi connectivity index (χ2n) is 4.84. The number of rotatable bonds is 4. The molecule has 2 rings (SSSR count). The summed E-state index contributed by atoms with van der Waals surface area (Å²) in [4.78, 5) is 0. The maximum Gasteiger partial charge on any atom is 0.0670 e. The van der Waals surface area contributed by atoms with Crippen LogP contribution in [-0.4, -0.2) is 6.04 Å². The van der Waals surface area contributed by atoms with Gasteiger partial charge in [-0.3, -0.25) is 0 Å². The van der Waals surface area contributed by atoms with Crippen LogP contribution in [0.2, 0.25) is 10.0 Å². The Hall–Kier alpha value is -1.02. The molecule has 1 nitrogen and oxygen atoms in total. The van der Waals surface area contributed by atoms with Crippen molar-refractivity contribution in [1.29, 1.82) is 0 Å². The topological polar surface area (TPSA) is 12.0 Å². The fraction of sp³-hybridized carbons (Fsp3) is 0.250. The molecule has 1 N–H and O–H groups in total. The van der Waals surface area contributed by atoms with Crippen molar-refractivity contribution < 1.29 is 0 Å². The lowest BCUT2D eigenvalue weighted by Crippen LogP contribution is -2.21. The Labute approximate surface area is 124 Å². The van der Waals surface area contributed by atoms with Crippen LogP contribution in [0, 0.1) is 0 Å². The van der Waals surface area contributed by atoms with Crippen LogP contribution in [0.25, 0.3) is 11.1 Å². The quantitative estimate of drug-likeness (QED) is 0.821. The molecule has 19 heavy (non-hydrogen) atoms. The highest BCUT2D eigenvalue weighted by Gasteiger charge is 2.07. The van der Waals surface area contributed by atoms with Gasteiger partial charge in [0, 0.05) is 18.2 Å². The molecule has 0 atom stereocenters. The Morgan fingerprint density at radius 3 is 2.53 bits per heavy atom. The standard InChI is InChI=1S/C16H17Cl2N/c1-11(2)19-10-12-5-3-6-13(9-12)14-7-4-8-15(17)16(14)18/h3-9,11,19H,10H2,1-2H3. The van der Waals surface area contributed by atoms with Crippen LogP contribution in [0.4, 0.5) is 0 Å². The lowest BCUT2D eigenvalue weighted by atomic mass is 10.0. The van der Waals surface area contributed by atoms with Crippen LogP contribution in [0.15, 0.2) is 42.5 Å². The smallest absolute Gasteiger partial charge is 0.0670 e. The minimum Gasteiger partial charge on any atom is -0.310 e. The summed E-state index contributed by atoms with van der Waals surface area (Å²) >= 11 is 12.3. The summed E-state index contributed by atoms with van der Waals surface area (Å²) in [5, 5.41) is 4.60. The summed E-state index contributed by atoms with van der Waals surface area (Å²) in [7, 11) is 0. The third-order valence-electron chi connectivity index (χ3n) is 2.90. The zero-order chi connectivity index (χ0) is 13.8. The normalized spacial score (nSPS) is 11.0. The van der Waals surface area contributed by atoms with Gasteiger partial charge in [0.1, 0.15) is 0 Å². The Balaban J connectivity index is 2.30. The van der Waals surface area contributed by atoms with Gasteiger partial charge >= 0.3 is 0 Å². The Bertz CT molecular complexity index is 564. The molecule has 0 amide bonds. The van der Waals surface area contributed by atoms with Gasteiger partial charge < -0.3 is 5.32 Å². The second kappa shape index (κ2) is 6.42. The summed E-state index contributed by atoms with van der Waals surface area (Å²) < 4.78 is 0. The molecule has 0 bridgehead atoms. The van der Waals surface area contributed by atoms with E-state index in [4.69, 9.17) is 23.2 Å². The van der Waals surface area contributed by atoms with Gasteiger partial charge in [-0.05, 0) is 23.3 Å². The molecule has 2 aromatic carbocycles. The van der Waals surface area contributed by atoms with Crippen molar-refractivity contribution in [2.45, 2.75) is 26.4 Å². The van der Waals surface area contributed by atoms with E-state index >= 15 is 0 Å². The minimum atomic E-state index is 0.471. The highest BCUT2D eigenvalue weighted by Crippen LogP contribution is 2.33. The van der Waals surface area contributed by atoms with Gasteiger partial charge in [0.05, 0.1) is 10.0 Å². The van der Waals surface area contributed by atoms with Gasteiger partial charge in [-0.25, -0.2) is 0 Å². The fourth-order valence-electron chi connectivity index (χ4n) is 1.90. The lowest BCUT2D eigenvalue weighted by molar-refractivity contribution is 0.589. The van der Waals surface area contributed by atoms with Gasteiger partial charge in [-0.1, -0.05) is 67.4 Å². The Morgan fingerprint density at radius 1 is 1.05 bits per heavy atom. The van der Waals surface area contributed by atoms with Gasteiger partial charge in [-0.2, -0.15) is 0 Å². The van der Waals surface area contributed by atoms with Crippen LogP contribution in [0.5, 0.6) is 0 Å². The van der Waals surface area contributed by atoms with Crippen molar-refractivity contribution in [3.05, 3.63) is 58.1 Å². The highest BCUT2D eigenvalue weighted by atomic mass is 35.5. The first-order valence-electron chi connectivity index (χ1n) is 6.34. The average Bonchev–Trinajstić information content (AvgIpc) is 2.40. The SMILES string of the molecule is CC(C)NCc1cccc(-c2cccc(Cl)c2Cl)c1. The average molecular weight is 294 g/mol. The maximum atomic E-state index is 6.26. The largest absolute Gasteiger partial charge is 0.310 e. The second-order valence-corrected chi connectivity index (χ2v) is 5.62. The summed E-state index contributed by atoms with van der Waals surface area (Å²) in [5.74, 6) is 0. The fourth-order valence-corrected chi connectivity index (χ4v) is 2.31. The van der Waals surface area contributed by atoms with Crippen LogP contribution in [-0.2, 0) is 6.54 Å². The molecule has 0 radical (unpaired) electrons. The maximum absolute atomic E-state index is 6.26. The first-order chi connectivity index (χ1) is 9.08. The molecule has 0 unspecified atom stereocenters. The molecule has 0 aromatic heterocycles. The summed E-state index contributed by atoms with van der Waals surface area (Å²) in [5.41, 5.74) is 3.30. The van der Waals surface area contributed by atoms with E-state index in [1.165, 1.54) is 5.56 Å². The van der Waals surface area contributed by atoms with Crippen molar-refractivity contribution in [3.63, 3.8) is 0 Å². The molecule has 100 valence electrons. The zero-order valence-electron chi connectivity index (χ0n) is 11.1. The minimum absolute atomic E-state index is 0.471. The first-order valence-corrected chi connectivity index (χ1v) is 7.10. The number of hydrogen-bond donors (Lipinski definition) is 1. The predicted octanol–water partition coefficient (Wildman–Crippen LogP) is 5.16. The van der Waals surface area contributed by atoms with E-state index < -0.39 is 0 Å². The molecule has 0 aliphatic carbocycles. The van der Waals surface area contributed by atoms with Gasteiger partial charge in [0.2, 0.25) is 0 Å². The van der Waals surface area contributed by atoms with E-state index in [9.17, 15) is 0 Å². The monoisotopic (exact) mass is 293 g/mol. The van der Waals surface area contributed by atoms with E-state index in [0.717, 1.165) is 17.7 Å². The van der Waals surface area contributed by atoms with Crippen molar-refractivity contribution >= 4 is 23.2 Å². The Morgan fingerprint density at radius 2 is 1.79 bits per heavy atom. The van der Waals surface area contributed by atoms with E-state index in [1.807, 2.05) is 18.2 Å². The molecule has 0 aliphatic heterocycles. The van der Waals surface area contributed by atoms with E-state index in [1.54, 1.807) is 6.07 Å². The number of nitrogens with one attached hydrogen (secondary N) is 1. The van der Waals surface area contributed by atoms with Crippen LogP contribution in [0.1, 0.15) is 19.4 Å². The lowest BCUT2D eigenvalue weighted by Gasteiger charge is -2.11. The first kappa shape index (κ1) is 14.4. The van der Waals surface area contributed by atoms with Gasteiger partial charge in [0.25, 0.3) is 0 Å². The van der Waals surface area contributed by atoms with E-state index in [0.29, 0.717) is 16.1 Å². The predicted molar refractivity (Wildman–Crippen MR) is 83.9 cm³/mol. The molecule has 0 saturated heterocycles. The zero-order valence-corrected chi connectivity index (χ0v) is 12.6. The van der Waals surface area contributed by atoms with Crippen molar-refractivity contribution in [1.82, 2.24) is 5.32 Å². The van der Waals surface area contributed by atoms with E-state index in [-0.39, 0.29) is 0 Å². The number of hydrogen-bond acceptors (Lipinski definition) is 1. The molecule has 0 heterocycles. The molecule has 0 spiro atoms. The summed E-state index contributed by atoms with van der Waals surface area (Å²) in [6, 6.07) is 14.5. The number of halogens is 2. The van der Waals surface area contributed by atoms with Crippen LogP contribution >= 0.6 is 23.2 Å². The highest BCUT2D eigenvalue weighted by molar-refractivity contribution is 6.43. The molecule has 3 heteroatoms. The summed E-state index contributed by atoms with van der Waals surface area (Å²) in [6.45, 7) is 5.12. The van der Waals surface area contributed by atoms with Gasteiger partial charge in [0.15, 0.2) is 0 Å².